The van der Waals surface area contributed by atoms with Crippen molar-refractivity contribution in [2.24, 2.45) is 0 Å². The number of nitrogens with one attached hydrogen (secondary N) is 1. The number of piperazine rings is 1. The fourth-order valence-electron chi connectivity index (χ4n) is 2.27. The number of benzene rings is 1. The van der Waals surface area contributed by atoms with Crippen LogP contribution in [0.3, 0.4) is 0 Å². The number of nitrogens with zero attached hydrogens (tertiary/aromatic N) is 2. The molecule has 4 nitrogen and oxygen atoms in total. The fourth-order valence-corrected chi connectivity index (χ4v) is 2.27. The van der Waals surface area contributed by atoms with E-state index in [9.17, 15) is 4.79 Å². The molecule has 118 valence electrons. The third-order valence-electron chi connectivity index (χ3n) is 3.57. The van der Waals surface area contributed by atoms with Crippen molar-refractivity contribution in [1.29, 1.82) is 0 Å². The predicted molar refractivity (Wildman–Crippen MR) is 88.7 cm³/mol. The van der Waals surface area contributed by atoms with E-state index in [2.05, 4.69) is 22.2 Å². The van der Waals surface area contributed by atoms with E-state index in [0.717, 1.165) is 51.3 Å². The van der Waals surface area contributed by atoms with Gasteiger partial charge in [0, 0.05) is 38.3 Å². The van der Waals surface area contributed by atoms with Crippen molar-refractivity contribution < 1.29 is 4.79 Å². The molecule has 1 aliphatic heterocycles. The van der Waals surface area contributed by atoms with Gasteiger partial charge in [-0.05, 0) is 32.1 Å². The average Bonchev–Trinajstić information content (AvgIpc) is 2.56. The molecule has 1 aromatic carbocycles. The maximum atomic E-state index is 11.8. The van der Waals surface area contributed by atoms with Gasteiger partial charge in [0.1, 0.15) is 0 Å². The summed E-state index contributed by atoms with van der Waals surface area (Å²) >= 11 is 0. The Labute approximate surface area is 129 Å². The molecule has 0 unspecified atom stereocenters. The van der Waals surface area contributed by atoms with E-state index in [1.165, 1.54) is 0 Å². The minimum Gasteiger partial charge on any atom is -0.352 e. The van der Waals surface area contributed by atoms with Crippen LogP contribution in [0.5, 0.6) is 0 Å². The van der Waals surface area contributed by atoms with E-state index in [1.54, 1.807) is 0 Å². The van der Waals surface area contributed by atoms with Crippen molar-refractivity contribution in [1.82, 2.24) is 15.1 Å². The van der Waals surface area contributed by atoms with Crippen LogP contribution in [0.2, 0.25) is 0 Å². The summed E-state index contributed by atoms with van der Waals surface area (Å²) in [6.07, 6.45) is 1.02. The van der Waals surface area contributed by atoms with E-state index < -0.39 is 0 Å². The van der Waals surface area contributed by atoms with E-state index in [0.29, 0.717) is 0 Å². The lowest BCUT2D eigenvalue weighted by Gasteiger charge is -2.32. The highest BCUT2D eigenvalue weighted by Crippen LogP contribution is 2.00. The molecule has 0 spiro atoms. The first kappa shape index (κ1) is 17.7. The molecule has 1 heterocycles. The Kier molecular flexibility index (Phi) is 8.71. The average molecular weight is 291 g/mol. The Morgan fingerprint density at radius 3 is 2.33 bits per heavy atom. The summed E-state index contributed by atoms with van der Waals surface area (Å²) in [5.41, 5.74) is 0.738. The summed E-state index contributed by atoms with van der Waals surface area (Å²) in [5, 5.41) is 2.97. The Hall–Kier alpha value is -1.39. The normalized spacial score (nSPS) is 16.0. The van der Waals surface area contributed by atoms with E-state index in [4.69, 9.17) is 0 Å². The summed E-state index contributed by atoms with van der Waals surface area (Å²) in [6, 6.07) is 9.38. The van der Waals surface area contributed by atoms with Gasteiger partial charge in [-0.15, -0.1) is 0 Å². The Balaban J connectivity index is 0.00000106. The second-order valence-corrected chi connectivity index (χ2v) is 5.12. The molecule has 1 fully saturated rings. The number of likely N-dealkylation sites (N-methyl/N-ethyl adjacent to an activating group) is 1. The van der Waals surface area contributed by atoms with Crippen LogP contribution >= 0.6 is 0 Å². The number of hydrogen-bond donors (Lipinski definition) is 1. The molecule has 1 N–H and O–H groups in total. The largest absolute Gasteiger partial charge is 0.352 e. The number of carbonyl (C=O) groups is 1. The van der Waals surface area contributed by atoms with Crippen LogP contribution in [-0.4, -0.2) is 62.0 Å². The highest BCUT2D eigenvalue weighted by molar-refractivity contribution is 5.94. The zero-order chi connectivity index (χ0) is 15.5. The minimum atomic E-state index is 0.0268. The van der Waals surface area contributed by atoms with E-state index >= 15 is 0 Å². The summed E-state index contributed by atoms with van der Waals surface area (Å²) in [5.74, 6) is 0.0268. The molecule has 0 aromatic heterocycles. The highest BCUT2D eigenvalue weighted by Gasteiger charge is 2.12. The van der Waals surface area contributed by atoms with Gasteiger partial charge in [0.05, 0.1) is 0 Å². The summed E-state index contributed by atoms with van der Waals surface area (Å²) in [6.45, 7) is 10.4. The van der Waals surface area contributed by atoms with Crippen LogP contribution in [-0.2, 0) is 0 Å². The Morgan fingerprint density at radius 2 is 1.71 bits per heavy atom. The van der Waals surface area contributed by atoms with Gasteiger partial charge >= 0.3 is 0 Å². The molecule has 1 aromatic rings. The monoisotopic (exact) mass is 291 g/mol. The molecule has 0 radical (unpaired) electrons. The van der Waals surface area contributed by atoms with Crippen molar-refractivity contribution in [3.8, 4) is 0 Å². The van der Waals surface area contributed by atoms with Gasteiger partial charge in [-0.1, -0.05) is 32.0 Å². The smallest absolute Gasteiger partial charge is 0.251 e. The van der Waals surface area contributed by atoms with Crippen LogP contribution in [0.1, 0.15) is 30.6 Å². The molecule has 0 bridgehead atoms. The maximum absolute atomic E-state index is 11.8. The molecular weight excluding hydrogens is 262 g/mol. The minimum absolute atomic E-state index is 0.0268. The second kappa shape index (κ2) is 10.4. The third kappa shape index (κ3) is 6.74. The van der Waals surface area contributed by atoms with Crippen molar-refractivity contribution in [3.05, 3.63) is 35.9 Å². The quantitative estimate of drug-likeness (QED) is 0.844. The van der Waals surface area contributed by atoms with Crippen LogP contribution in [0.15, 0.2) is 30.3 Å². The van der Waals surface area contributed by atoms with Gasteiger partial charge in [-0.25, -0.2) is 0 Å². The van der Waals surface area contributed by atoms with Gasteiger partial charge in [-0.3, -0.25) is 4.79 Å². The molecule has 4 heteroatoms. The first-order chi connectivity index (χ1) is 10.3. The summed E-state index contributed by atoms with van der Waals surface area (Å²) in [4.78, 5) is 16.6. The van der Waals surface area contributed by atoms with Gasteiger partial charge in [0.2, 0.25) is 0 Å². The van der Waals surface area contributed by atoms with Gasteiger partial charge in [-0.2, -0.15) is 0 Å². The molecular formula is C17H29N3O. The lowest BCUT2D eigenvalue weighted by molar-refractivity contribution is 0.0949. The van der Waals surface area contributed by atoms with Crippen molar-refractivity contribution in [2.75, 3.05) is 46.3 Å². The molecule has 2 rings (SSSR count). The van der Waals surface area contributed by atoms with Crippen LogP contribution in [0.25, 0.3) is 0 Å². The number of carbonyl (C=O) groups excluding carboxylic acids is 1. The van der Waals surface area contributed by atoms with Gasteiger partial charge in [0.15, 0.2) is 0 Å². The third-order valence-corrected chi connectivity index (χ3v) is 3.57. The summed E-state index contributed by atoms with van der Waals surface area (Å²) in [7, 11) is 2.16. The van der Waals surface area contributed by atoms with Crippen LogP contribution in [0, 0.1) is 0 Å². The second-order valence-electron chi connectivity index (χ2n) is 5.12. The zero-order valence-corrected chi connectivity index (χ0v) is 13.6. The fraction of sp³-hybridized carbons (Fsp3) is 0.588. The predicted octanol–water partition coefficient (Wildman–Crippen LogP) is 2.08. The zero-order valence-electron chi connectivity index (χ0n) is 13.6. The summed E-state index contributed by atoms with van der Waals surface area (Å²) < 4.78 is 0. The molecule has 21 heavy (non-hydrogen) atoms. The SMILES string of the molecule is CC.CN1CCN(CCCNC(=O)c2ccccc2)CC1. The van der Waals surface area contributed by atoms with Crippen LogP contribution < -0.4 is 5.32 Å². The highest BCUT2D eigenvalue weighted by atomic mass is 16.1. The van der Waals surface area contributed by atoms with Crippen LogP contribution in [0.4, 0.5) is 0 Å². The lowest BCUT2D eigenvalue weighted by Crippen LogP contribution is -2.45. The molecule has 1 amide bonds. The van der Waals surface area contributed by atoms with Crippen molar-refractivity contribution in [2.45, 2.75) is 20.3 Å². The number of rotatable bonds is 5. The van der Waals surface area contributed by atoms with E-state index in [1.807, 2.05) is 44.2 Å². The number of amides is 1. The molecule has 1 saturated heterocycles. The topological polar surface area (TPSA) is 35.6 Å². The van der Waals surface area contributed by atoms with Gasteiger partial charge < -0.3 is 15.1 Å². The van der Waals surface area contributed by atoms with Gasteiger partial charge in [0.25, 0.3) is 5.91 Å². The molecule has 0 atom stereocenters. The maximum Gasteiger partial charge on any atom is 0.251 e. The standard InChI is InChI=1S/C15H23N3O.C2H6/c1-17-10-12-18(13-11-17)9-5-8-16-15(19)14-6-3-2-4-7-14;1-2/h2-4,6-7H,5,8-13H2,1H3,(H,16,19);1-2H3. The molecule has 1 aliphatic rings. The first-order valence-corrected chi connectivity index (χ1v) is 8.00. The Bertz CT molecular complexity index is 386. The van der Waals surface area contributed by atoms with E-state index in [-0.39, 0.29) is 5.91 Å². The van der Waals surface area contributed by atoms with Crippen molar-refractivity contribution in [3.63, 3.8) is 0 Å². The Morgan fingerprint density at radius 1 is 1.10 bits per heavy atom. The van der Waals surface area contributed by atoms with Crippen molar-refractivity contribution >= 4 is 5.91 Å². The first-order valence-electron chi connectivity index (χ1n) is 8.00. The number of hydrogen-bond acceptors (Lipinski definition) is 3. The lowest BCUT2D eigenvalue weighted by atomic mass is 10.2. The molecule has 0 aliphatic carbocycles. The molecule has 0 saturated carbocycles.